The second-order valence-corrected chi connectivity index (χ2v) is 2.76. The van der Waals surface area contributed by atoms with Crippen LogP contribution in [0.1, 0.15) is 6.92 Å². The number of carbonyl (C=O) groups is 2. The Morgan fingerprint density at radius 3 is 2.46 bits per heavy atom. The fourth-order valence-electron chi connectivity index (χ4n) is 1.02. The molecule has 0 aromatic rings. The first kappa shape index (κ1) is 9.79. The molecular formula is C7H11NO5. The predicted octanol–water partition coefficient (Wildman–Crippen LogP) is -0.417. The third kappa shape index (κ3) is 2.32. The highest BCUT2D eigenvalue weighted by atomic mass is 16.6. The van der Waals surface area contributed by atoms with Crippen LogP contribution in [-0.2, 0) is 14.3 Å². The summed E-state index contributed by atoms with van der Waals surface area (Å²) in [5.74, 6) is -1.13. The summed E-state index contributed by atoms with van der Waals surface area (Å²) in [5.41, 5.74) is 0. The van der Waals surface area contributed by atoms with Crippen LogP contribution in [-0.4, -0.2) is 42.5 Å². The number of carboxylic acids is 1. The van der Waals surface area contributed by atoms with E-state index in [1.165, 1.54) is 7.11 Å². The van der Waals surface area contributed by atoms with Gasteiger partial charge in [-0.15, -0.1) is 0 Å². The van der Waals surface area contributed by atoms with E-state index < -0.39 is 24.2 Å². The van der Waals surface area contributed by atoms with Gasteiger partial charge < -0.3 is 19.9 Å². The summed E-state index contributed by atoms with van der Waals surface area (Å²) in [6.45, 7) is 1.74. The highest BCUT2D eigenvalue weighted by Gasteiger charge is 2.46. The number of carboxylic acid groups (broad SMARTS) is 1. The molecule has 0 saturated carbocycles. The molecule has 74 valence electrons. The van der Waals surface area contributed by atoms with Crippen molar-refractivity contribution in [2.75, 3.05) is 7.11 Å². The van der Waals surface area contributed by atoms with Crippen LogP contribution in [0, 0.1) is 0 Å². The Hall–Kier alpha value is -1.30. The van der Waals surface area contributed by atoms with Crippen LogP contribution in [0.4, 0.5) is 4.79 Å². The van der Waals surface area contributed by atoms with Crippen molar-refractivity contribution in [1.82, 2.24) is 5.32 Å². The lowest BCUT2D eigenvalue weighted by atomic mass is 10.2. The molecule has 6 nitrogen and oxygen atoms in total. The van der Waals surface area contributed by atoms with E-state index in [0.29, 0.717) is 0 Å². The van der Waals surface area contributed by atoms with E-state index in [2.05, 4.69) is 10.1 Å². The smallest absolute Gasteiger partial charge is 0.407 e. The molecule has 13 heavy (non-hydrogen) atoms. The molecule has 0 bridgehead atoms. The zero-order valence-corrected chi connectivity index (χ0v) is 7.31. The summed E-state index contributed by atoms with van der Waals surface area (Å²) in [6.07, 6.45) is -1.34. The molecule has 1 fully saturated rings. The summed E-state index contributed by atoms with van der Waals surface area (Å²) in [4.78, 5) is 21.3. The van der Waals surface area contributed by atoms with Gasteiger partial charge in [-0.1, -0.05) is 0 Å². The minimum atomic E-state index is -1.13. The molecule has 1 aliphatic heterocycles. The van der Waals surface area contributed by atoms with Crippen molar-refractivity contribution in [2.45, 2.75) is 25.2 Å². The summed E-state index contributed by atoms with van der Waals surface area (Å²) in [6, 6.07) is -1.03. The van der Waals surface area contributed by atoms with E-state index >= 15 is 0 Å². The fourth-order valence-corrected chi connectivity index (χ4v) is 1.02. The first-order valence-corrected chi connectivity index (χ1v) is 3.79. The SMILES string of the molecule is COC(=O)NC(C(=O)O)C1OC1C. The second kappa shape index (κ2) is 3.61. The molecule has 0 spiro atoms. The van der Waals surface area contributed by atoms with Crippen molar-refractivity contribution >= 4 is 12.1 Å². The molecule has 2 N–H and O–H groups in total. The van der Waals surface area contributed by atoms with Gasteiger partial charge in [0.1, 0.15) is 6.10 Å². The first-order chi connectivity index (χ1) is 6.06. The van der Waals surface area contributed by atoms with Gasteiger partial charge >= 0.3 is 12.1 Å². The number of ether oxygens (including phenoxy) is 2. The number of methoxy groups -OCH3 is 1. The predicted molar refractivity (Wildman–Crippen MR) is 41.3 cm³/mol. The van der Waals surface area contributed by atoms with E-state index in [1.54, 1.807) is 6.92 Å². The molecule has 6 heteroatoms. The number of carbonyl (C=O) groups excluding carboxylic acids is 1. The number of nitrogens with one attached hydrogen (secondary N) is 1. The van der Waals surface area contributed by atoms with Crippen LogP contribution < -0.4 is 5.32 Å². The molecule has 0 aliphatic carbocycles. The lowest BCUT2D eigenvalue weighted by molar-refractivity contribution is -0.139. The molecule has 1 heterocycles. The third-order valence-electron chi connectivity index (χ3n) is 1.81. The summed E-state index contributed by atoms with van der Waals surface area (Å²) in [7, 11) is 1.17. The average molecular weight is 189 g/mol. The van der Waals surface area contributed by atoms with Crippen molar-refractivity contribution in [3.63, 3.8) is 0 Å². The van der Waals surface area contributed by atoms with Gasteiger partial charge in [-0.2, -0.15) is 0 Å². The van der Waals surface area contributed by atoms with Gasteiger partial charge in [0.2, 0.25) is 0 Å². The van der Waals surface area contributed by atoms with Crippen LogP contribution in [0.3, 0.4) is 0 Å². The molecule has 0 aromatic heterocycles. The largest absolute Gasteiger partial charge is 0.480 e. The van der Waals surface area contributed by atoms with Crippen LogP contribution in [0.5, 0.6) is 0 Å². The van der Waals surface area contributed by atoms with E-state index in [4.69, 9.17) is 9.84 Å². The Balaban J connectivity index is 2.49. The molecule has 0 aromatic carbocycles. The standard InChI is InChI=1S/C7H11NO5/c1-3-5(13-3)4(6(9)10)8-7(11)12-2/h3-5H,1-2H3,(H,8,11)(H,9,10). The molecule has 3 atom stereocenters. The van der Waals surface area contributed by atoms with Crippen molar-refractivity contribution in [3.05, 3.63) is 0 Å². The van der Waals surface area contributed by atoms with Crippen molar-refractivity contribution < 1.29 is 24.2 Å². The molecule has 1 aliphatic rings. The number of epoxide rings is 1. The number of amides is 1. The van der Waals surface area contributed by atoms with E-state index in [0.717, 1.165) is 0 Å². The van der Waals surface area contributed by atoms with Crippen LogP contribution in [0.15, 0.2) is 0 Å². The van der Waals surface area contributed by atoms with E-state index in [9.17, 15) is 9.59 Å². The Kier molecular flexibility index (Phi) is 2.72. The zero-order chi connectivity index (χ0) is 10.0. The number of hydrogen-bond acceptors (Lipinski definition) is 4. The highest BCUT2D eigenvalue weighted by molar-refractivity contribution is 5.80. The van der Waals surface area contributed by atoms with Crippen molar-refractivity contribution in [2.24, 2.45) is 0 Å². The number of alkyl carbamates (subject to hydrolysis) is 1. The first-order valence-electron chi connectivity index (χ1n) is 3.79. The highest BCUT2D eigenvalue weighted by Crippen LogP contribution is 2.24. The molecule has 1 rings (SSSR count). The summed E-state index contributed by atoms with van der Waals surface area (Å²) < 4.78 is 9.21. The third-order valence-corrected chi connectivity index (χ3v) is 1.81. The monoisotopic (exact) mass is 189 g/mol. The summed E-state index contributed by atoms with van der Waals surface area (Å²) >= 11 is 0. The lowest BCUT2D eigenvalue weighted by Gasteiger charge is -2.10. The second-order valence-electron chi connectivity index (χ2n) is 2.76. The van der Waals surface area contributed by atoms with Crippen LogP contribution in [0.25, 0.3) is 0 Å². The summed E-state index contributed by atoms with van der Waals surface area (Å²) in [5, 5.41) is 10.9. The van der Waals surface area contributed by atoms with Gasteiger partial charge in [-0.3, -0.25) is 0 Å². The topological polar surface area (TPSA) is 88.2 Å². The number of aliphatic carboxylic acids is 1. The maximum absolute atomic E-state index is 10.7. The quantitative estimate of drug-likeness (QED) is 0.589. The maximum Gasteiger partial charge on any atom is 0.407 e. The zero-order valence-electron chi connectivity index (χ0n) is 7.31. The Labute approximate surface area is 74.8 Å². The van der Waals surface area contributed by atoms with E-state index in [-0.39, 0.29) is 6.10 Å². The number of rotatable bonds is 3. The van der Waals surface area contributed by atoms with Crippen molar-refractivity contribution in [3.8, 4) is 0 Å². The van der Waals surface area contributed by atoms with Crippen molar-refractivity contribution in [1.29, 1.82) is 0 Å². The Morgan fingerprint density at radius 2 is 2.15 bits per heavy atom. The van der Waals surface area contributed by atoms with Gasteiger partial charge in [-0.25, -0.2) is 9.59 Å². The fraction of sp³-hybridized carbons (Fsp3) is 0.714. The lowest BCUT2D eigenvalue weighted by Crippen LogP contribution is -2.45. The van der Waals surface area contributed by atoms with E-state index in [1.807, 2.05) is 0 Å². The van der Waals surface area contributed by atoms with Gasteiger partial charge in [-0.05, 0) is 6.92 Å². The van der Waals surface area contributed by atoms with Gasteiger partial charge in [0.15, 0.2) is 6.04 Å². The van der Waals surface area contributed by atoms with Gasteiger partial charge in [0, 0.05) is 0 Å². The Morgan fingerprint density at radius 1 is 1.62 bits per heavy atom. The molecule has 3 unspecified atom stereocenters. The van der Waals surface area contributed by atoms with Gasteiger partial charge in [0.25, 0.3) is 0 Å². The van der Waals surface area contributed by atoms with Gasteiger partial charge in [0.05, 0.1) is 13.2 Å². The molecule has 0 radical (unpaired) electrons. The normalized spacial score (nSPS) is 27.5. The van der Waals surface area contributed by atoms with Crippen LogP contribution >= 0.6 is 0 Å². The molecule has 1 amide bonds. The Bertz CT molecular complexity index is 229. The molecular weight excluding hydrogens is 178 g/mol. The molecule has 1 saturated heterocycles. The van der Waals surface area contributed by atoms with Crippen LogP contribution in [0.2, 0.25) is 0 Å². The maximum atomic E-state index is 10.7. The number of hydrogen-bond donors (Lipinski definition) is 2. The minimum Gasteiger partial charge on any atom is -0.480 e. The average Bonchev–Trinajstić information content (AvgIpc) is 2.77. The minimum absolute atomic E-state index is 0.127.